The van der Waals surface area contributed by atoms with Gasteiger partial charge in [-0.2, -0.15) is 0 Å². The smallest absolute Gasteiger partial charge is 0.165 e. The number of hydrogen-bond acceptors (Lipinski definition) is 2. The summed E-state index contributed by atoms with van der Waals surface area (Å²) >= 11 is 0. The van der Waals surface area contributed by atoms with Gasteiger partial charge >= 0.3 is 0 Å². The number of rotatable bonds is 4. The van der Waals surface area contributed by atoms with Gasteiger partial charge in [0.2, 0.25) is 0 Å². The second kappa shape index (κ2) is 4.34. The van der Waals surface area contributed by atoms with Gasteiger partial charge in [0.15, 0.2) is 5.78 Å². The molecular formula is C13H15FO2. The highest BCUT2D eigenvalue weighted by Gasteiger charge is 2.34. The molecule has 1 saturated carbocycles. The number of hydrogen-bond donors (Lipinski definition) is 1. The number of aliphatic hydroxyl groups is 1. The second-order valence-corrected chi connectivity index (χ2v) is 4.50. The minimum atomic E-state index is -0.859. The van der Waals surface area contributed by atoms with Crippen LogP contribution in [0.1, 0.15) is 24.0 Å². The van der Waals surface area contributed by atoms with Gasteiger partial charge in [0.05, 0.1) is 0 Å². The van der Waals surface area contributed by atoms with Gasteiger partial charge in [0.25, 0.3) is 0 Å². The maximum absolute atomic E-state index is 13.0. The Hall–Kier alpha value is -1.22. The van der Waals surface area contributed by atoms with E-state index in [-0.39, 0.29) is 23.9 Å². The highest BCUT2D eigenvalue weighted by molar-refractivity contribution is 5.85. The van der Waals surface area contributed by atoms with Crippen LogP contribution in [-0.2, 0) is 11.2 Å². The molecule has 0 radical (unpaired) electrons. The zero-order valence-electron chi connectivity index (χ0n) is 9.24. The molecule has 2 rings (SSSR count). The summed E-state index contributed by atoms with van der Waals surface area (Å²) in [7, 11) is 0. The predicted octanol–water partition coefficient (Wildman–Crippen LogP) is 2.02. The van der Waals surface area contributed by atoms with E-state index >= 15 is 0 Å². The normalized spacial score (nSPS) is 17.2. The zero-order valence-corrected chi connectivity index (χ0v) is 9.24. The second-order valence-electron chi connectivity index (χ2n) is 4.50. The number of halogens is 1. The fraction of sp³-hybridized carbons (Fsp3) is 0.462. The number of carbonyl (C=O) groups excluding carboxylic acids is 1. The molecule has 0 saturated heterocycles. The molecule has 0 spiro atoms. The van der Waals surface area contributed by atoms with Crippen molar-refractivity contribution in [2.75, 3.05) is 0 Å². The van der Waals surface area contributed by atoms with Crippen molar-refractivity contribution in [3.63, 3.8) is 0 Å². The highest BCUT2D eigenvalue weighted by Crippen LogP contribution is 2.33. The molecule has 1 atom stereocenters. The molecular weight excluding hydrogens is 207 g/mol. The lowest BCUT2D eigenvalue weighted by atomic mass is 9.99. The number of aryl methyl sites for hydroxylation is 1. The van der Waals surface area contributed by atoms with Crippen molar-refractivity contribution < 1.29 is 14.3 Å². The molecule has 1 aliphatic rings. The van der Waals surface area contributed by atoms with Crippen molar-refractivity contribution in [2.45, 2.75) is 32.3 Å². The average molecular weight is 222 g/mol. The summed E-state index contributed by atoms with van der Waals surface area (Å²) in [5.41, 5.74) is 1.56. The van der Waals surface area contributed by atoms with Crippen LogP contribution in [0.25, 0.3) is 0 Å². The lowest BCUT2D eigenvalue weighted by Crippen LogP contribution is -2.24. The standard InChI is InChI=1S/C13H15FO2/c1-8-2-5-11(14)6-10(8)7-12(15)13(16)9-3-4-9/h2,5-6,9,13,16H,3-4,7H2,1H3. The molecule has 2 nitrogen and oxygen atoms in total. The molecule has 0 bridgehead atoms. The molecule has 1 fully saturated rings. The summed E-state index contributed by atoms with van der Waals surface area (Å²) < 4.78 is 13.0. The largest absolute Gasteiger partial charge is 0.385 e. The Morgan fingerprint density at radius 1 is 1.56 bits per heavy atom. The molecule has 1 aliphatic carbocycles. The maximum Gasteiger partial charge on any atom is 0.165 e. The SMILES string of the molecule is Cc1ccc(F)cc1CC(=O)C(O)C1CC1. The first-order valence-electron chi connectivity index (χ1n) is 5.53. The van der Waals surface area contributed by atoms with Crippen LogP contribution in [0, 0.1) is 18.7 Å². The molecule has 0 amide bonds. The van der Waals surface area contributed by atoms with Crippen molar-refractivity contribution in [1.82, 2.24) is 0 Å². The number of aliphatic hydroxyl groups excluding tert-OH is 1. The summed E-state index contributed by atoms with van der Waals surface area (Å²) in [5, 5.41) is 9.64. The molecule has 0 aromatic heterocycles. The molecule has 3 heteroatoms. The van der Waals surface area contributed by atoms with Crippen molar-refractivity contribution in [3.8, 4) is 0 Å². The molecule has 1 aromatic rings. The van der Waals surface area contributed by atoms with Crippen LogP contribution in [0.3, 0.4) is 0 Å². The lowest BCUT2D eigenvalue weighted by molar-refractivity contribution is -0.127. The van der Waals surface area contributed by atoms with E-state index in [0.29, 0.717) is 5.56 Å². The number of benzene rings is 1. The Kier molecular flexibility index (Phi) is 3.06. The highest BCUT2D eigenvalue weighted by atomic mass is 19.1. The van der Waals surface area contributed by atoms with Crippen LogP contribution in [0.5, 0.6) is 0 Å². The van der Waals surface area contributed by atoms with E-state index < -0.39 is 6.10 Å². The van der Waals surface area contributed by atoms with E-state index in [9.17, 15) is 14.3 Å². The monoisotopic (exact) mass is 222 g/mol. The number of ketones is 1. The molecule has 1 N–H and O–H groups in total. The van der Waals surface area contributed by atoms with E-state index in [0.717, 1.165) is 18.4 Å². The first-order valence-corrected chi connectivity index (χ1v) is 5.53. The molecule has 1 unspecified atom stereocenters. The summed E-state index contributed by atoms with van der Waals surface area (Å²) in [4.78, 5) is 11.7. The third-order valence-electron chi connectivity index (χ3n) is 3.07. The van der Waals surface area contributed by atoms with E-state index in [1.807, 2.05) is 6.92 Å². The topological polar surface area (TPSA) is 37.3 Å². The van der Waals surface area contributed by atoms with E-state index in [1.165, 1.54) is 12.1 Å². The fourth-order valence-electron chi connectivity index (χ4n) is 1.80. The van der Waals surface area contributed by atoms with Gasteiger partial charge in [-0.25, -0.2) is 4.39 Å². The van der Waals surface area contributed by atoms with Crippen molar-refractivity contribution >= 4 is 5.78 Å². The van der Waals surface area contributed by atoms with Gasteiger partial charge in [-0.15, -0.1) is 0 Å². The van der Waals surface area contributed by atoms with E-state index in [2.05, 4.69) is 0 Å². The van der Waals surface area contributed by atoms with Crippen LogP contribution in [0.2, 0.25) is 0 Å². The van der Waals surface area contributed by atoms with Crippen LogP contribution in [-0.4, -0.2) is 17.0 Å². The Bertz CT molecular complexity index is 410. The first-order chi connectivity index (χ1) is 7.58. The minimum absolute atomic E-state index is 0.126. The summed E-state index contributed by atoms with van der Waals surface area (Å²) in [5.74, 6) is -0.396. The Morgan fingerprint density at radius 2 is 2.25 bits per heavy atom. The van der Waals surface area contributed by atoms with Crippen LogP contribution >= 0.6 is 0 Å². The third-order valence-corrected chi connectivity index (χ3v) is 3.07. The molecule has 16 heavy (non-hydrogen) atoms. The van der Waals surface area contributed by atoms with Crippen LogP contribution in [0.4, 0.5) is 4.39 Å². The predicted molar refractivity (Wildman–Crippen MR) is 58.6 cm³/mol. The summed E-state index contributed by atoms with van der Waals surface area (Å²) in [6.07, 6.45) is 1.12. The van der Waals surface area contributed by atoms with Gasteiger partial charge in [-0.05, 0) is 48.9 Å². The van der Waals surface area contributed by atoms with Crippen molar-refractivity contribution in [1.29, 1.82) is 0 Å². The minimum Gasteiger partial charge on any atom is -0.385 e. The summed E-state index contributed by atoms with van der Waals surface area (Å²) in [6.45, 7) is 1.84. The van der Waals surface area contributed by atoms with Crippen molar-refractivity contribution in [2.24, 2.45) is 5.92 Å². The number of carbonyl (C=O) groups is 1. The van der Waals surface area contributed by atoms with Gasteiger partial charge in [0, 0.05) is 6.42 Å². The Morgan fingerprint density at radius 3 is 2.88 bits per heavy atom. The van der Waals surface area contributed by atoms with E-state index in [1.54, 1.807) is 6.07 Å². The van der Waals surface area contributed by atoms with Crippen molar-refractivity contribution in [3.05, 3.63) is 35.1 Å². The van der Waals surface area contributed by atoms with E-state index in [4.69, 9.17) is 0 Å². The Balaban J connectivity index is 2.07. The molecule has 1 aromatic carbocycles. The maximum atomic E-state index is 13.0. The Labute approximate surface area is 94.1 Å². The number of Topliss-reactive ketones (excluding diaryl/α,β-unsaturated/α-hetero) is 1. The molecule has 86 valence electrons. The van der Waals surface area contributed by atoms with Gasteiger partial charge < -0.3 is 5.11 Å². The van der Waals surface area contributed by atoms with Gasteiger partial charge in [-0.3, -0.25) is 4.79 Å². The quantitative estimate of drug-likeness (QED) is 0.846. The van der Waals surface area contributed by atoms with Crippen LogP contribution in [0.15, 0.2) is 18.2 Å². The van der Waals surface area contributed by atoms with Gasteiger partial charge in [-0.1, -0.05) is 6.07 Å². The third kappa shape index (κ3) is 2.47. The molecule has 0 heterocycles. The van der Waals surface area contributed by atoms with Gasteiger partial charge in [0.1, 0.15) is 11.9 Å². The first kappa shape index (κ1) is 11.3. The molecule has 0 aliphatic heterocycles. The lowest BCUT2D eigenvalue weighted by Gasteiger charge is -2.09. The average Bonchev–Trinajstić information content (AvgIpc) is 3.06. The zero-order chi connectivity index (χ0) is 11.7. The fourth-order valence-corrected chi connectivity index (χ4v) is 1.80. The summed E-state index contributed by atoms with van der Waals surface area (Å²) in [6, 6.07) is 4.40. The van der Waals surface area contributed by atoms with Crippen LogP contribution < -0.4 is 0 Å².